The van der Waals surface area contributed by atoms with Crippen LogP contribution in [0.1, 0.15) is 12.8 Å². The molecule has 0 aliphatic carbocycles. The third kappa shape index (κ3) is 2.99. The lowest BCUT2D eigenvalue weighted by Crippen LogP contribution is -2.51. The first-order valence-corrected chi connectivity index (χ1v) is 8.42. The number of aromatic nitrogens is 3. The number of piperazine rings is 1. The molecule has 0 aromatic carbocycles. The van der Waals surface area contributed by atoms with E-state index in [1.54, 1.807) is 17.6 Å². The van der Waals surface area contributed by atoms with Gasteiger partial charge in [0.05, 0.1) is 12.8 Å². The molecular weight excluding hydrogens is 314 g/mol. The van der Waals surface area contributed by atoms with Gasteiger partial charge in [-0.3, -0.25) is 4.90 Å². The third-order valence-corrected chi connectivity index (χ3v) is 4.75. The van der Waals surface area contributed by atoms with Crippen molar-refractivity contribution < 1.29 is 8.94 Å². The number of thiazole rings is 1. The average molecular weight is 331 g/mol. The van der Waals surface area contributed by atoms with E-state index in [2.05, 4.69) is 31.8 Å². The predicted molar refractivity (Wildman–Crippen MR) is 86.2 cm³/mol. The number of anilines is 1. The molecule has 0 amide bonds. The Morgan fingerprint density at radius 2 is 2.35 bits per heavy atom. The van der Waals surface area contributed by atoms with E-state index in [9.17, 15) is 0 Å². The molecule has 1 fully saturated rings. The molecule has 3 aromatic rings. The predicted octanol–water partition coefficient (Wildman–Crippen LogP) is 2.50. The third-order valence-electron chi connectivity index (χ3n) is 3.95. The molecule has 7 nitrogen and oxygen atoms in total. The highest BCUT2D eigenvalue weighted by atomic mass is 32.1. The minimum Gasteiger partial charge on any atom is -0.461 e. The van der Waals surface area contributed by atoms with Gasteiger partial charge in [-0.15, -0.1) is 11.3 Å². The number of hydrogen-bond acceptors (Lipinski definition) is 8. The summed E-state index contributed by atoms with van der Waals surface area (Å²) in [4.78, 5) is 13.5. The summed E-state index contributed by atoms with van der Waals surface area (Å²) in [5, 5.41) is 7.08. The molecule has 1 aliphatic heterocycles. The monoisotopic (exact) mass is 331 g/mol. The van der Waals surface area contributed by atoms with E-state index in [0.29, 0.717) is 30.1 Å². The Labute approximate surface area is 137 Å². The van der Waals surface area contributed by atoms with Crippen molar-refractivity contribution in [3.8, 4) is 11.6 Å². The Morgan fingerprint density at radius 3 is 3.09 bits per heavy atom. The summed E-state index contributed by atoms with van der Waals surface area (Å²) in [7, 11) is 0. The van der Waals surface area contributed by atoms with Crippen molar-refractivity contribution >= 4 is 16.5 Å². The van der Waals surface area contributed by atoms with E-state index in [1.165, 1.54) is 0 Å². The van der Waals surface area contributed by atoms with Gasteiger partial charge in [-0.2, -0.15) is 4.98 Å². The Balaban J connectivity index is 1.39. The quantitative estimate of drug-likeness (QED) is 0.727. The molecular formula is C15H17N5O2S. The lowest BCUT2D eigenvalue weighted by atomic mass is 10.2. The molecule has 0 unspecified atom stereocenters. The Kier molecular flexibility index (Phi) is 3.84. The van der Waals surface area contributed by atoms with Crippen molar-refractivity contribution in [1.82, 2.24) is 20.0 Å². The summed E-state index contributed by atoms with van der Waals surface area (Å²) < 4.78 is 10.6. The van der Waals surface area contributed by atoms with E-state index in [-0.39, 0.29) is 0 Å². The van der Waals surface area contributed by atoms with Crippen LogP contribution in [-0.4, -0.2) is 45.7 Å². The van der Waals surface area contributed by atoms with Crippen LogP contribution in [0, 0.1) is 0 Å². The van der Waals surface area contributed by atoms with Gasteiger partial charge < -0.3 is 13.8 Å². The summed E-state index contributed by atoms with van der Waals surface area (Å²) in [6, 6.07) is 4.04. The fourth-order valence-electron chi connectivity index (χ4n) is 2.83. The maximum absolute atomic E-state index is 5.34. The van der Waals surface area contributed by atoms with Crippen LogP contribution in [0.15, 0.2) is 38.9 Å². The first kappa shape index (κ1) is 14.4. The van der Waals surface area contributed by atoms with Gasteiger partial charge in [0, 0.05) is 37.3 Å². The number of hydrogen-bond donors (Lipinski definition) is 0. The van der Waals surface area contributed by atoms with Gasteiger partial charge in [0.2, 0.25) is 11.7 Å². The minimum atomic E-state index is 0.405. The van der Waals surface area contributed by atoms with E-state index >= 15 is 0 Å². The molecule has 4 rings (SSSR count). The number of furan rings is 1. The Bertz CT molecular complexity index is 740. The van der Waals surface area contributed by atoms with E-state index in [4.69, 9.17) is 8.94 Å². The SMILES string of the molecule is C[C@H]1CN(Cc2nc(-c3ccco3)no2)CCN1c1nccs1. The van der Waals surface area contributed by atoms with Crippen LogP contribution in [0.25, 0.3) is 11.6 Å². The van der Waals surface area contributed by atoms with Gasteiger partial charge in [-0.1, -0.05) is 5.16 Å². The molecule has 23 heavy (non-hydrogen) atoms. The number of rotatable bonds is 4. The van der Waals surface area contributed by atoms with Crippen LogP contribution in [0.2, 0.25) is 0 Å². The van der Waals surface area contributed by atoms with Crippen molar-refractivity contribution in [1.29, 1.82) is 0 Å². The second kappa shape index (κ2) is 6.13. The summed E-state index contributed by atoms with van der Waals surface area (Å²) in [6.07, 6.45) is 3.46. The maximum Gasteiger partial charge on any atom is 0.241 e. The lowest BCUT2D eigenvalue weighted by molar-refractivity contribution is 0.194. The van der Waals surface area contributed by atoms with Crippen LogP contribution in [0.5, 0.6) is 0 Å². The molecule has 0 saturated carbocycles. The van der Waals surface area contributed by atoms with E-state index in [0.717, 1.165) is 24.8 Å². The second-order valence-corrected chi connectivity index (χ2v) is 6.45. The summed E-state index contributed by atoms with van der Waals surface area (Å²) in [6.45, 7) is 5.72. The molecule has 1 aliphatic rings. The molecule has 8 heteroatoms. The van der Waals surface area contributed by atoms with Crippen LogP contribution < -0.4 is 4.90 Å². The first-order valence-electron chi connectivity index (χ1n) is 7.54. The van der Waals surface area contributed by atoms with E-state index in [1.807, 2.05) is 23.7 Å². The average Bonchev–Trinajstić information content (AvgIpc) is 3.30. The zero-order chi connectivity index (χ0) is 15.6. The summed E-state index contributed by atoms with van der Waals surface area (Å²) >= 11 is 1.69. The molecule has 1 saturated heterocycles. The Hall–Kier alpha value is -2.19. The van der Waals surface area contributed by atoms with Gasteiger partial charge >= 0.3 is 0 Å². The standard InChI is InChI=1S/C15H17N5O2S/c1-11-9-19(5-6-20(11)15-16-4-8-23-15)10-13-17-14(18-22-13)12-3-2-7-21-12/h2-4,7-8,11H,5-6,9-10H2,1H3/t11-/m0/s1. The van der Waals surface area contributed by atoms with E-state index < -0.39 is 0 Å². The number of nitrogens with zero attached hydrogens (tertiary/aromatic N) is 5. The second-order valence-electron chi connectivity index (χ2n) is 5.58. The molecule has 0 N–H and O–H groups in total. The molecule has 0 spiro atoms. The van der Waals surface area contributed by atoms with Crippen LogP contribution in [0.4, 0.5) is 5.13 Å². The highest BCUT2D eigenvalue weighted by Gasteiger charge is 2.26. The highest BCUT2D eigenvalue weighted by Crippen LogP contribution is 2.23. The zero-order valence-electron chi connectivity index (χ0n) is 12.8. The van der Waals surface area contributed by atoms with Crippen molar-refractivity contribution in [3.63, 3.8) is 0 Å². The molecule has 0 radical (unpaired) electrons. The topological polar surface area (TPSA) is 71.4 Å². The van der Waals surface area contributed by atoms with Crippen molar-refractivity contribution in [2.75, 3.05) is 24.5 Å². The van der Waals surface area contributed by atoms with Crippen LogP contribution in [-0.2, 0) is 6.54 Å². The van der Waals surface area contributed by atoms with Gasteiger partial charge in [0.15, 0.2) is 10.9 Å². The summed E-state index contributed by atoms with van der Waals surface area (Å²) in [5.41, 5.74) is 0. The normalized spacial score (nSPS) is 19.3. The zero-order valence-corrected chi connectivity index (χ0v) is 13.6. The largest absolute Gasteiger partial charge is 0.461 e. The fraction of sp³-hybridized carbons (Fsp3) is 0.400. The van der Waals surface area contributed by atoms with Gasteiger partial charge in [-0.25, -0.2) is 4.98 Å². The highest BCUT2D eigenvalue weighted by molar-refractivity contribution is 7.13. The molecule has 120 valence electrons. The molecule has 1 atom stereocenters. The maximum atomic E-state index is 5.34. The van der Waals surface area contributed by atoms with Crippen molar-refractivity contribution in [2.45, 2.75) is 19.5 Å². The van der Waals surface area contributed by atoms with Gasteiger partial charge in [0.25, 0.3) is 0 Å². The van der Waals surface area contributed by atoms with Crippen LogP contribution >= 0.6 is 11.3 Å². The lowest BCUT2D eigenvalue weighted by Gasteiger charge is -2.39. The van der Waals surface area contributed by atoms with Crippen molar-refractivity contribution in [2.24, 2.45) is 0 Å². The molecule has 4 heterocycles. The molecule has 0 bridgehead atoms. The summed E-state index contributed by atoms with van der Waals surface area (Å²) in [5.74, 6) is 1.74. The Morgan fingerprint density at radius 1 is 1.39 bits per heavy atom. The van der Waals surface area contributed by atoms with Crippen molar-refractivity contribution in [3.05, 3.63) is 35.9 Å². The smallest absolute Gasteiger partial charge is 0.241 e. The molecule has 3 aromatic heterocycles. The minimum absolute atomic E-state index is 0.405. The fourth-order valence-corrected chi connectivity index (χ4v) is 3.61. The first-order chi connectivity index (χ1) is 11.3. The van der Waals surface area contributed by atoms with Gasteiger partial charge in [-0.05, 0) is 19.1 Å². The van der Waals surface area contributed by atoms with Gasteiger partial charge in [0.1, 0.15) is 0 Å². The van der Waals surface area contributed by atoms with Crippen LogP contribution in [0.3, 0.4) is 0 Å².